The van der Waals surface area contributed by atoms with Gasteiger partial charge in [0.15, 0.2) is 0 Å². The second-order valence-corrected chi connectivity index (χ2v) is 2.65. The molecule has 0 aliphatic carbocycles. The van der Waals surface area contributed by atoms with E-state index in [2.05, 4.69) is 14.9 Å². The minimum atomic E-state index is 1.09. The molecule has 0 fully saturated rings. The lowest BCUT2D eigenvalue weighted by Gasteiger charge is -2.16. The highest BCUT2D eigenvalue weighted by molar-refractivity contribution is 5.41. The van der Waals surface area contributed by atoms with Gasteiger partial charge in [0, 0.05) is 13.1 Å². The van der Waals surface area contributed by atoms with Crippen LogP contribution < -0.4 is 5.32 Å². The van der Waals surface area contributed by atoms with Gasteiger partial charge in [-0.05, 0) is 13.3 Å². The minimum Gasteiger partial charge on any atom is -0.370 e. The first-order valence-corrected chi connectivity index (χ1v) is 3.63. The van der Waals surface area contributed by atoms with Gasteiger partial charge in [0.25, 0.3) is 0 Å². The molecular weight excluding hydrogens is 126 g/mol. The molecular formula is C7H11N3. The van der Waals surface area contributed by atoms with Crippen molar-refractivity contribution in [3.8, 4) is 0 Å². The van der Waals surface area contributed by atoms with E-state index in [4.69, 9.17) is 0 Å². The molecule has 0 bridgehead atoms. The van der Waals surface area contributed by atoms with Gasteiger partial charge in [-0.1, -0.05) is 0 Å². The van der Waals surface area contributed by atoms with Crippen LogP contribution in [0.5, 0.6) is 0 Å². The number of rotatable bonds is 0. The molecule has 1 aromatic heterocycles. The molecule has 0 aromatic carbocycles. The van der Waals surface area contributed by atoms with Gasteiger partial charge in [0.1, 0.15) is 5.82 Å². The Morgan fingerprint density at radius 2 is 2.60 bits per heavy atom. The number of aryl methyl sites for hydroxylation is 2. The van der Waals surface area contributed by atoms with Gasteiger partial charge in [0.05, 0.1) is 12.0 Å². The third-order valence-corrected chi connectivity index (χ3v) is 1.89. The largest absolute Gasteiger partial charge is 0.370 e. The summed E-state index contributed by atoms with van der Waals surface area (Å²) in [6, 6.07) is 0. The maximum Gasteiger partial charge on any atom is 0.128 e. The van der Waals surface area contributed by atoms with Gasteiger partial charge < -0.3 is 9.88 Å². The maximum atomic E-state index is 4.20. The topological polar surface area (TPSA) is 29.9 Å². The number of hydrogen-bond donors (Lipinski definition) is 1. The Morgan fingerprint density at radius 1 is 1.70 bits per heavy atom. The quantitative estimate of drug-likeness (QED) is 0.578. The van der Waals surface area contributed by atoms with Crippen LogP contribution in [-0.4, -0.2) is 16.1 Å². The number of aromatic nitrogens is 2. The third-order valence-electron chi connectivity index (χ3n) is 1.89. The first-order chi connectivity index (χ1) is 4.88. The fraction of sp³-hybridized carbons (Fsp3) is 0.571. The fourth-order valence-electron chi connectivity index (χ4n) is 1.34. The van der Waals surface area contributed by atoms with Gasteiger partial charge in [-0.2, -0.15) is 0 Å². The fourth-order valence-corrected chi connectivity index (χ4v) is 1.34. The highest BCUT2D eigenvalue weighted by Crippen LogP contribution is 2.16. The number of imidazole rings is 1. The first kappa shape index (κ1) is 5.77. The van der Waals surface area contributed by atoms with E-state index in [1.54, 1.807) is 0 Å². The van der Waals surface area contributed by atoms with Crippen molar-refractivity contribution in [2.24, 2.45) is 0 Å². The summed E-state index contributed by atoms with van der Waals surface area (Å²) in [5, 5.41) is 3.31. The lowest BCUT2D eigenvalue weighted by molar-refractivity contribution is 0.629. The van der Waals surface area contributed by atoms with E-state index in [1.165, 1.54) is 12.2 Å². The number of fused-ring (bicyclic) bond motifs is 1. The van der Waals surface area contributed by atoms with Crippen molar-refractivity contribution in [2.45, 2.75) is 19.9 Å². The Morgan fingerprint density at radius 3 is 3.40 bits per heavy atom. The maximum absolute atomic E-state index is 4.20. The van der Waals surface area contributed by atoms with Gasteiger partial charge >= 0.3 is 0 Å². The standard InChI is InChI=1S/C7H11N3/c1-6-7-8-3-2-4-10(7)5-9-6/h5,8H,2-4H2,1H3. The van der Waals surface area contributed by atoms with Crippen molar-refractivity contribution in [3.63, 3.8) is 0 Å². The third kappa shape index (κ3) is 0.701. The highest BCUT2D eigenvalue weighted by atomic mass is 15.2. The zero-order valence-corrected chi connectivity index (χ0v) is 6.09. The van der Waals surface area contributed by atoms with E-state index in [9.17, 15) is 0 Å². The number of hydrogen-bond acceptors (Lipinski definition) is 2. The van der Waals surface area contributed by atoms with Crippen molar-refractivity contribution < 1.29 is 0 Å². The van der Waals surface area contributed by atoms with Crippen LogP contribution in [0, 0.1) is 6.92 Å². The molecule has 0 radical (unpaired) electrons. The second-order valence-electron chi connectivity index (χ2n) is 2.65. The zero-order valence-electron chi connectivity index (χ0n) is 6.09. The van der Waals surface area contributed by atoms with E-state index in [0.717, 1.165) is 18.8 Å². The minimum absolute atomic E-state index is 1.09. The summed E-state index contributed by atoms with van der Waals surface area (Å²) in [7, 11) is 0. The van der Waals surface area contributed by atoms with E-state index < -0.39 is 0 Å². The van der Waals surface area contributed by atoms with Gasteiger partial charge in [-0.15, -0.1) is 0 Å². The highest BCUT2D eigenvalue weighted by Gasteiger charge is 2.09. The van der Waals surface area contributed by atoms with E-state index in [0.29, 0.717) is 0 Å². The smallest absolute Gasteiger partial charge is 0.128 e. The van der Waals surface area contributed by atoms with Crippen LogP contribution in [0.1, 0.15) is 12.1 Å². The van der Waals surface area contributed by atoms with E-state index >= 15 is 0 Å². The van der Waals surface area contributed by atoms with Crippen molar-refractivity contribution in [2.75, 3.05) is 11.9 Å². The second kappa shape index (κ2) is 2.01. The Kier molecular flexibility index (Phi) is 1.16. The molecule has 2 heterocycles. The predicted octanol–water partition coefficient (Wildman–Crippen LogP) is 1.01. The van der Waals surface area contributed by atoms with Gasteiger partial charge in [-0.3, -0.25) is 0 Å². The Balaban J connectivity index is 2.45. The molecule has 0 saturated heterocycles. The summed E-state index contributed by atoms with van der Waals surface area (Å²) in [5.74, 6) is 1.20. The summed E-state index contributed by atoms with van der Waals surface area (Å²) < 4.78 is 2.17. The SMILES string of the molecule is Cc1ncn2c1NCCC2. The molecule has 1 N–H and O–H groups in total. The molecule has 3 heteroatoms. The molecule has 0 unspecified atom stereocenters. The Bertz CT molecular complexity index is 239. The van der Waals surface area contributed by atoms with Crippen molar-refractivity contribution in [3.05, 3.63) is 12.0 Å². The van der Waals surface area contributed by atoms with Crippen molar-refractivity contribution in [1.82, 2.24) is 9.55 Å². The summed E-state index contributed by atoms with van der Waals surface area (Å²) >= 11 is 0. The first-order valence-electron chi connectivity index (χ1n) is 3.63. The number of nitrogens with zero attached hydrogens (tertiary/aromatic N) is 2. The zero-order chi connectivity index (χ0) is 6.97. The Labute approximate surface area is 60.1 Å². The number of anilines is 1. The summed E-state index contributed by atoms with van der Waals surface area (Å²) in [5.41, 5.74) is 1.11. The molecule has 0 spiro atoms. The molecule has 54 valence electrons. The molecule has 10 heavy (non-hydrogen) atoms. The lowest BCUT2D eigenvalue weighted by Crippen LogP contribution is -2.16. The molecule has 3 nitrogen and oxygen atoms in total. The van der Waals surface area contributed by atoms with E-state index in [-0.39, 0.29) is 0 Å². The molecule has 1 aromatic rings. The van der Waals surface area contributed by atoms with Gasteiger partial charge in [-0.25, -0.2) is 4.98 Å². The molecule has 0 atom stereocenters. The average Bonchev–Trinajstić information content (AvgIpc) is 2.34. The molecule has 0 saturated carbocycles. The lowest BCUT2D eigenvalue weighted by atomic mass is 10.3. The monoisotopic (exact) mass is 137 g/mol. The van der Waals surface area contributed by atoms with Crippen molar-refractivity contribution in [1.29, 1.82) is 0 Å². The van der Waals surface area contributed by atoms with Crippen LogP contribution in [0.4, 0.5) is 5.82 Å². The Hall–Kier alpha value is -0.990. The summed E-state index contributed by atoms with van der Waals surface area (Å²) in [6.45, 7) is 4.24. The summed E-state index contributed by atoms with van der Waals surface area (Å²) in [4.78, 5) is 4.20. The summed E-state index contributed by atoms with van der Waals surface area (Å²) in [6.07, 6.45) is 3.11. The average molecular weight is 137 g/mol. The van der Waals surface area contributed by atoms with Gasteiger partial charge in [0.2, 0.25) is 0 Å². The predicted molar refractivity (Wildman–Crippen MR) is 40.1 cm³/mol. The van der Waals surface area contributed by atoms with E-state index in [1.807, 2.05) is 13.3 Å². The van der Waals surface area contributed by atoms with Crippen LogP contribution >= 0.6 is 0 Å². The number of nitrogens with one attached hydrogen (secondary N) is 1. The molecule has 2 rings (SSSR count). The normalized spacial score (nSPS) is 16.1. The molecule has 1 aliphatic heterocycles. The van der Waals surface area contributed by atoms with Crippen LogP contribution in [-0.2, 0) is 6.54 Å². The molecule has 1 aliphatic rings. The van der Waals surface area contributed by atoms with Crippen molar-refractivity contribution >= 4 is 5.82 Å². The molecule has 0 amide bonds. The van der Waals surface area contributed by atoms with Crippen LogP contribution in [0.3, 0.4) is 0 Å². The van der Waals surface area contributed by atoms with Crippen LogP contribution in [0.2, 0.25) is 0 Å². The van der Waals surface area contributed by atoms with Crippen LogP contribution in [0.15, 0.2) is 6.33 Å². The van der Waals surface area contributed by atoms with Crippen LogP contribution in [0.25, 0.3) is 0 Å².